The quantitative estimate of drug-likeness (QED) is 0.794. The maximum Gasteiger partial charge on any atom is 0.251 e. The number of morpholine rings is 1. The summed E-state index contributed by atoms with van der Waals surface area (Å²) in [5.41, 5.74) is 0.162. The lowest BCUT2D eigenvalue weighted by atomic mass is 9.88. The first kappa shape index (κ1) is 21.1. The number of nitrogens with zero attached hydrogens (tertiary/aromatic N) is 2. The molecule has 1 spiro atoms. The van der Waals surface area contributed by atoms with E-state index in [0.717, 1.165) is 32.0 Å². The first-order chi connectivity index (χ1) is 11.9. The van der Waals surface area contributed by atoms with Gasteiger partial charge in [0, 0.05) is 32.7 Å². The molecule has 2 saturated heterocycles. The molecule has 2 heterocycles. The number of carbonyl (C=O) groups is 1. The van der Waals surface area contributed by atoms with Crippen LogP contribution in [0.25, 0.3) is 0 Å². The summed E-state index contributed by atoms with van der Waals surface area (Å²) < 4.78 is 33.1. The summed E-state index contributed by atoms with van der Waals surface area (Å²) in [6.07, 6.45) is 1.81. The largest absolute Gasteiger partial charge is 0.360 e. The van der Waals surface area contributed by atoms with Crippen LogP contribution in [0.2, 0.25) is 0 Å². The van der Waals surface area contributed by atoms with Gasteiger partial charge in [-0.3, -0.25) is 4.79 Å². The van der Waals surface area contributed by atoms with Gasteiger partial charge in [-0.05, 0) is 56.9 Å². The zero-order chi connectivity index (χ0) is 18.0. The van der Waals surface area contributed by atoms with Crippen molar-refractivity contribution in [2.75, 3.05) is 32.7 Å². The summed E-state index contributed by atoms with van der Waals surface area (Å²) in [4.78, 5) is 16.2. The van der Waals surface area contributed by atoms with Gasteiger partial charge in [0.2, 0.25) is 0 Å². The van der Waals surface area contributed by atoms with Gasteiger partial charge >= 0.3 is 0 Å². The monoisotopic (exact) mass is 388 g/mol. The molecule has 2 aliphatic heterocycles. The van der Waals surface area contributed by atoms with Crippen LogP contribution in [0.15, 0.2) is 18.2 Å². The Bertz CT molecular complexity index is 636. The lowest BCUT2D eigenvalue weighted by molar-refractivity contribution is -0.189. The highest BCUT2D eigenvalue weighted by atomic mass is 35.5. The third-order valence-corrected chi connectivity index (χ3v) is 5.42. The van der Waals surface area contributed by atoms with Crippen molar-refractivity contribution in [3.05, 3.63) is 35.4 Å². The van der Waals surface area contributed by atoms with Crippen molar-refractivity contribution in [3.8, 4) is 0 Å². The van der Waals surface area contributed by atoms with Gasteiger partial charge in [-0.25, -0.2) is 8.78 Å². The Balaban J connectivity index is 0.00000243. The van der Waals surface area contributed by atoms with E-state index in [4.69, 9.17) is 4.74 Å². The molecule has 3 rings (SSSR count). The van der Waals surface area contributed by atoms with Gasteiger partial charge in [-0.15, -0.1) is 12.4 Å². The van der Waals surface area contributed by atoms with E-state index in [1.807, 2.05) is 18.7 Å². The molecule has 1 unspecified atom stereocenters. The molecule has 2 fully saturated rings. The molecule has 1 aromatic carbocycles. The Morgan fingerprint density at radius 2 is 1.96 bits per heavy atom. The first-order valence-corrected chi connectivity index (χ1v) is 9.05. The number of likely N-dealkylation sites (N-methyl/N-ethyl adjacent to an activating group) is 1. The molecule has 0 bridgehead atoms. The molecule has 1 atom stereocenters. The molecule has 26 heavy (non-hydrogen) atoms. The average Bonchev–Trinajstić information content (AvgIpc) is 2.60. The number of hydrogen-bond acceptors (Lipinski definition) is 3. The molecule has 0 aromatic heterocycles. The van der Waals surface area contributed by atoms with Crippen LogP contribution < -0.4 is 0 Å². The Kier molecular flexibility index (Phi) is 6.99. The Morgan fingerprint density at radius 1 is 1.27 bits per heavy atom. The number of likely N-dealkylation sites (tertiary alicyclic amines) is 1. The number of amides is 1. The summed E-state index contributed by atoms with van der Waals surface area (Å²) in [7, 11) is 0. The van der Waals surface area contributed by atoms with Crippen LogP contribution in [0.5, 0.6) is 0 Å². The fourth-order valence-corrected chi connectivity index (χ4v) is 3.89. The van der Waals surface area contributed by atoms with Crippen molar-refractivity contribution in [2.24, 2.45) is 0 Å². The summed E-state index contributed by atoms with van der Waals surface area (Å²) >= 11 is 0. The predicted molar refractivity (Wildman–Crippen MR) is 98.5 cm³/mol. The van der Waals surface area contributed by atoms with Gasteiger partial charge in [0.15, 0.2) is 0 Å². The number of carbonyl (C=O) groups excluding carboxylic acids is 1. The molecular weight excluding hydrogens is 362 g/mol. The van der Waals surface area contributed by atoms with Crippen LogP contribution in [0.4, 0.5) is 8.78 Å². The van der Waals surface area contributed by atoms with E-state index in [0.29, 0.717) is 31.6 Å². The van der Waals surface area contributed by atoms with Crippen LogP contribution in [0, 0.1) is 11.6 Å². The standard InChI is InChI=1S/C19H26F2N2O2.ClH/c1-3-23-13-19(25-14(2)18(23)24)7-10-22(11-8-19)9-6-15-12-16(20)4-5-17(15)21;/h4-5,12,14H,3,6-11,13H2,1-2H3;1H. The molecule has 7 heteroatoms. The Morgan fingerprint density at radius 3 is 2.62 bits per heavy atom. The first-order valence-electron chi connectivity index (χ1n) is 9.05. The highest BCUT2D eigenvalue weighted by molar-refractivity contribution is 5.85. The molecule has 4 nitrogen and oxygen atoms in total. The van der Waals surface area contributed by atoms with Crippen molar-refractivity contribution < 1.29 is 18.3 Å². The molecule has 0 saturated carbocycles. The van der Waals surface area contributed by atoms with Gasteiger partial charge < -0.3 is 14.5 Å². The third-order valence-electron chi connectivity index (χ3n) is 5.42. The minimum atomic E-state index is -0.400. The lowest BCUT2D eigenvalue weighted by Gasteiger charge is -2.49. The second-order valence-corrected chi connectivity index (χ2v) is 7.12. The number of piperidine rings is 1. The zero-order valence-corrected chi connectivity index (χ0v) is 16.2. The minimum absolute atomic E-state index is 0. The van der Waals surface area contributed by atoms with Crippen molar-refractivity contribution in [2.45, 2.75) is 44.8 Å². The van der Waals surface area contributed by atoms with Crippen molar-refractivity contribution >= 4 is 18.3 Å². The molecule has 0 radical (unpaired) electrons. The second kappa shape index (κ2) is 8.63. The lowest BCUT2D eigenvalue weighted by Crippen LogP contribution is -2.61. The van der Waals surface area contributed by atoms with E-state index in [1.54, 1.807) is 0 Å². The third kappa shape index (κ3) is 4.53. The van der Waals surface area contributed by atoms with E-state index in [-0.39, 0.29) is 35.8 Å². The Hall–Kier alpha value is -1.24. The minimum Gasteiger partial charge on any atom is -0.360 e. The van der Waals surface area contributed by atoms with E-state index in [2.05, 4.69) is 4.90 Å². The fourth-order valence-electron chi connectivity index (χ4n) is 3.89. The normalized spacial score (nSPS) is 23.2. The molecule has 2 aliphatic rings. The van der Waals surface area contributed by atoms with E-state index in [1.165, 1.54) is 12.1 Å². The van der Waals surface area contributed by atoms with Crippen LogP contribution in [0.3, 0.4) is 0 Å². The zero-order valence-electron chi connectivity index (χ0n) is 15.3. The van der Waals surface area contributed by atoms with Gasteiger partial charge in [0.05, 0.1) is 5.60 Å². The van der Waals surface area contributed by atoms with Crippen molar-refractivity contribution in [1.82, 2.24) is 9.80 Å². The predicted octanol–water partition coefficient (Wildman–Crippen LogP) is 3.03. The molecule has 0 N–H and O–H groups in total. The topological polar surface area (TPSA) is 32.8 Å². The second-order valence-electron chi connectivity index (χ2n) is 7.12. The van der Waals surface area contributed by atoms with Crippen LogP contribution in [-0.4, -0.2) is 60.1 Å². The highest BCUT2D eigenvalue weighted by Crippen LogP contribution is 2.32. The maximum atomic E-state index is 13.7. The summed E-state index contributed by atoms with van der Waals surface area (Å²) in [5.74, 6) is -0.684. The van der Waals surface area contributed by atoms with Gasteiger partial charge in [0.1, 0.15) is 17.7 Å². The number of rotatable bonds is 4. The van der Waals surface area contributed by atoms with Crippen molar-refractivity contribution in [1.29, 1.82) is 0 Å². The van der Waals surface area contributed by atoms with Crippen LogP contribution in [-0.2, 0) is 16.0 Å². The molecular formula is C19H27ClF2N2O2. The maximum absolute atomic E-state index is 13.7. The smallest absolute Gasteiger partial charge is 0.251 e. The average molecular weight is 389 g/mol. The van der Waals surface area contributed by atoms with E-state index < -0.39 is 5.82 Å². The van der Waals surface area contributed by atoms with E-state index in [9.17, 15) is 13.6 Å². The SMILES string of the molecule is CCN1CC2(CCN(CCc3cc(F)ccc3F)CC2)OC(C)C1=O.Cl. The molecule has 146 valence electrons. The molecule has 1 aromatic rings. The number of hydrogen-bond donors (Lipinski definition) is 0. The fraction of sp³-hybridized carbons (Fsp3) is 0.632. The van der Waals surface area contributed by atoms with Crippen LogP contribution >= 0.6 is 12.4 Å². The Labute approximate surface area is 159 Å². The number of halogens is 3. The number of ether oxygens (including phenoxy) is 1. The summed E-state index contributed by atoms with van der Waals surface area (Å²) in [5, 5.41) is 0. The summed E-state index contributed by atoms with van der Waals surface area (Å²) in [6.45, 7) is 7.56. The molecule has 1 amide bonds. The molecule has 0 aliphatic carbocycles. The number of benzene rings is 1. The van der Waals surface area contributed by atoms with E-state index >= 15 is 0 Å². The van der Waals surface area contributed by atoms with Gasteiger partial charge in [-0.2, -0.15) is 0 Å². The van der Waals surface area contributed by atoms with Crippen molar-refractivity contribution in [3.63, 3.8) is 0 Å². The van der Waals surface area contributed by atoms with Gasteiger partial charge in [0.25, 0.3) is 5.91 Å². The van der Waals surface area contributed by atoms with Gasteiger partial charge in [-0.1, -0.05) is 0 Å². The highest BCUT2D eigenvalue weighted by Gasteiger charge is 2.44. The summed E-state index contributed by atoms with van der Waals surface area (Å²) in [6, 6.07) is 3.60. The van der Waals surface area contributed by atoms with Crippen LogP contribution in [0.1, 0.15) is 32.3 Å².